The number of carbonyl (C=O) groups is 3. The van der Waals surface area contributed by atoms with Gasteiger partial charge in [0.05, 0.1) is 0 Å². The van der Waals surface area contributed by atoms with Crippen molar-refractivity contribution in [1.82, 2.24) is 20.4 Å². The average molecular weight is 368 g/mol. The van der Waals surface area contributed by atoms with Gasteiger partial charge < -0.3 is 10.2 Å². The molecule has 3 atom stereocenters. The molecule has 7 heteroatoms. The van der Waals surface area contributed by atoms with Crippen LogP contribution in [0.2, 0.25) is 0 Å². The van der Waals surface area contributed by atoms with Crippen molar-refractivity contribution < 1.29 is 14.4 Å². The molecule has 1 aromatic rings. The van der Waals surface area contributed by atoms with Crippen molar-refractivity contribution in [3.05, 3.63) is 34.9 Å². The minimum absolute atomic E-state index is 0.0921. The summed E-state index contributed by atoms with van der Waals surface area (Å²) in [6, 6.07) is 6.93. The van der Waals surface area contributed by atoms with Gasteiger partial charge >= 0.3 is 0 Å². The molecule has 4 heterocycles. The highest BCUT2D eigenvalue weighted by Gasteiger charge is 2.47. The molecule has 2 N–H and O–H groups in total. The summed E-state index contributed by atoms with van der Waals surface area (Å²) < 4.78 is 0. The maximum Gasteiger partial charge on any atom is 0.255 e. The molecule has 3 fully saturated rings. The van der Waals surface area contributed by atoms with Gasteiger partial charge in [-0.25, -0.2) is 0 Å². The molecule has 0 aliphatic carbocycles. The first-order chi connectivity index (χ1) is 13.1. The summed E-state index contributed by atoms with van der Waals surface area (Å²) in [6.07, 6.45) is 3.08. The normalized spacial score (nSPS) is 32.6. The van der Waals surface area contributed by atoms with Crippen molar-refractivity contribution in [1.29, 1.82) is 0 Å². The van der Waals surface area contributed by atoms with Gasteiger partial charge in [-0.1, -0.05) is 12.1 Å². The second-order valence-electron chi connectivity index (χ2n) is 8.03. The summed E-state index contributed by atoms with van der Waals surface area (Å²) in [7, 11) is 0. The Kier molecular flexibility index (Phi) is 4.02. The Hall–Kier alpha value is -2.25. The summed E-state index contributed by atoms with van der Waals surface area (Å²) >= 11 is 0. The fourth-order valence-corrected chi connectivity index (χ4v) is 4.88. The lowest BCUT2D eigenvalue weighted by atomic mass is 10.0. The molecular weight excluding hydrogens is 344 g/mol. The number of nitrogens with zero attached hydrogens (tertiary/aromatic N) is 2. The lowest BCUT2D eigenvalue weighted by Gasteiger charge is -2.29. The van der Waals surface area contributed by atoms with E-state index in [0.29, 0.717) is 30.6 Å². The van der Waals surface area contributed by atoms with Crippen LogP contribution in [-0.2, 0) is 22.7 Å². The van der Waals surface area contributed by atoms with Crippen molar-refractivity contribution in [2.24, 2.45) is 0 Å². The van der Waals surface area contributed by atoms with E-state index in [9.17, 15) is 14.4 Å². The molecule has 3 amide bonds. The fourth-order valence-electron chi connectivity index (χ4n) is 4.88. The maximum atomic E-state index is 12.9. The van der Waals surface area contributed by atoms with Crippen LogP contribution in [0.3, 0.4) is 0 Å². The average Bonchev–Trinajstić information content (AvgIpc) is 3.27. The zero-order chi connectivity index (χ0) is 18.5. The third kappa shape index (κ3) is 2.95. The molecule has 1 aromatic carbocycles. The zero-order valence-electron chi connectivity index (χ0n) is 15.2. The van der Waals surface area contributed by atoms with Crippen LogP contribution in [0.1, 0.15) is 47.2 Å². The number of hydrogen-bond acceptors (Lipinski definition) is 5. The Morgan fingerprint density at radius 3 is 2.56 bits per heavy atom. The van der Waals surface area contributed by atoms with E-state index in [2.05, 4.69) is 21.6 Å². The number of rotatable bonds is 3. The Labute approximate surface area is 158 Å². The van der Waals surface area contributed by atoms with Gasteiger partial charge in [0.25, 0.3) is 5.91 Å². The molecule has 27 heavy (non-hydrogen) atoms. The molecule has 0 radical (unpaired) electrons. The quantitative estimate of drug-likeness (QED) is 0.596. The van der Waals surface area contributed by atoms with Gasteiger partial charge in [-0.15, -0.1) is 0 Å². The van der Waals surface area contributed by atoms with E-state index in [1.54, 1.807) is 4.90 Å². The topological polar surface area (TPSA) is 81.5 Å². The molecule has 0 bridgehead atoms. The first-order valence-corrected chi connectivity index (χ1v) is 9.85. The highest BCUT2D eigenvalue weighted by molar-refractivity contribution is 6.05. The summed E-state index contributed by atoms with van der Waals surface area (Å²) in [4.78, 5) is 40.6. The van der Waals surface area contributed by atoms with Crippen molar-refractivity contribution in [3.63, 3.8) is 0 Å². The second-order valence-corrected chi connectivity index (χ2v) is 8.03. The lowest BCUT2D eigenvalue weighted by Crippen LogP contribution is -2.52. The van der Waals surface area contributed by atoms with Crippen LogP contribution in [0.4, 0.5) is 0 Å². The van der Waals surface area contributed by atoms with Gasteiger partial charge in [-0.3, -0.25) is 24.6 Å². The fraction of sp³-hybridized carbons (Fsp3) is 0.550. The number of piperidine rings is 1. The van der Waals surface area contributed by atoms with E-state index in [1.165, 1.54) is 12.8 Å². The lowest BCUT2D eigenvalue weighted by molar-refractivity contribution is -0.136. The van der Waals surface area contributed by atoms with E-state index >= 15 is 0 Å². The smallest absolute Gasteiger partial charge is 0.255 e. The number of nitrogens with one attached hydrogen (secondary N) is 2. The van der Waals surface area contributed by atoms with Crippen LogP contribution in [0.5, 0.6) is 0 Å². The molecule has 7 nitrogen and oxygen atoms in total. The van der Waals surface area contributed by atoms with Crippen LogP contribution in [-0.4, -0.2) is 58.7 Å². The monoisotopic (exact) mass is 368 g/mol. The summed E-state index contributed by atoms with van der Waals surface area (Å²) in [5, 5.41) is 5.79. The third-order valence-electron chi connectivity index (χ3n) is 6.40. The standard InChI is InChI=1S/C20H24N4O3/c25-18-4-3-17(19(26)22-18)24-11-13-2-1-12(9-14(13)20(24)27)10-23-15-5-7-21-8-6-16(15)23/h1-2,9,15-17,21H,3-8,10-11H2,(H,22,25,26). The van der Waals surface area contributed by atoms with E-state index < -0.39 is 6.04 Å². The van der Waals surface area contributed by atoms with Crippen LogP contribution in [0.15, 0.2) is 18.2 Å². The summed E-state index contributed by atoms with van der Waals surface area (Å²) in [6.45, 7) is 3.50. The number of fused-ring (bicyclic) bond motifs is 2. The van der Waals surface area contributed by atoms with E-state index in [1.807, 2.05) is 12.1 Å². The SMILES string of the molecule is O=C1CCC(N2Cc3ccc(CN4C5CCNCCC54)cc3C2=O)C(=O)N1. The Balaban J connectivity index is 1.30. The molecule has 0 aromatic heterocycles. The molecule has 3 unspecified atom stereocenters. The van der Waals surface area contributed by atoms with Gasteiger partial charge in [-0.2, -0.15) is 0 Å². The molecule has 4 aliphatic heterocycles. The Morgan fingerprint density at radius 1 is 1.04 bits per heavy atom. The highest BCUT2D eigenvalue weighted by Crippen LogP contribution is 2.37. The number of benzene rings is 1. The highest BCUT2D eigenvalue weighted by atomic mass is 16.2. The van der Waals surface area contributed by atoms with Crippen molar-refractivity contribution in [2.45, 2.75) is 56.9 Å². The molecule has 3 saturated heterocycles. The maximum absolute atomic E-state index is 12.9. The van der Waals surface area contributed by atoms with Crippen LogP contribution >= 0.6 is 0 Å². The summed E-state index contributed by atoms with van der Waals surface area (Å²) in [5.41, 5.74) is 2.84. The van der Waals surface area contributed by atoms with Crippen LogP contribution in [0, 0.1) is 0 Å². The first kappa shape index (κ1) is 16.9. The number of amides is 3. The van der Waals surface area contributed by atoms with Crippen molar-refractivity contribution >= 4 is 17.7 Å². The third-order valence-corrected chi connectivity index (χ3v) is 6.40. The molecule has 0 saturated carbocycles. The minimum Gasteiger partial charge on any atom is -0.322 e. The van der Waals surface area contributed by atoms with Gasteiger partial charge in [0.2, 0.25) is 11.8 Å². The Morgan fingerprint density at radius 2 is 1.81 bits per heavy atom. The molecular formula is C20H24N4O3. The van der Waals surface area contributed by atoms with Gasteiger partial charge in [0.1, 0.15) is 6.04 Å². The van der Waals surface area contributed by atoms with Crippen molar-refractivity contribution in [2.75, 3.05) is 13.1 Å². The van der Waals surface area contributed by atoms with E-state index in [-0.39, 0.29) is 24.1 Å². The predicted molar refractivity (Wildman–Crippen MR) is 97.7 cm³/mol. The Bertz CT molecular complexity index is 811. The number of carbonyl (C=O) groups excluding carboxylic acids is 3. The predicted octanol–water partition coefficient (Wildman–Crippen LogP) is 0.384. The molecule has 142 valence electrons. The zero-order valence-corrected chi connectivity index (χ0v) is 15.2. The number of hydrogen-bond donors (Lipinski definition) is 2. The van der Waals surface area contributed by atoms with E-state index in [4.69, 9.17) is 0 Å². The minimum atomic E-state index is -0.544. The molecule has 5 rings (SSSR count). The molecule has 0 spiro atoms. The first-order valence-electron chi connectivity index (χ1n) is 9.85. The van der Waals surface area contributed by atoms with Crippen LogP contribution in [0.25, 0.3) is 0 Å². The summed E-state index contributed by atoms with van der Waals surface area (Å²) in [5.74, 6) is -0.704. The largest absolute Gasteiger partial charge is 0.322 e. The molecule has 4 aliphatic rings. The second kappa shape index (κ2) is 6.42. The van der Waals surface area contributed by atoms with Gasteiger partial charge in [0.15, 0.2) is 0 Å². The van der Waals surface area contributed by atoms with Gasteiger partial charge in [-0.05, 0) is 49.5 Å². The van der Waals surface area contributed by atoms with Gasteiger partial charge in [0, 0.05) is 37.2 Å². The number of imide groups is 1. The van der Waals surface area contributed by atoms with E-state index in [0.717, 1.165) is 30.8 Å². The van der Waals surface area contributed by atoms with Crippen molar-refractivity contribution in [3.8, 4) is 0 Å². The van der Waals surface area contributed by atoms with Crippen LogP contribution < -0.4 is 10.6 Å².